The van der Waals surface area contributed by atoms with Crippen LogP contribution in [0.2, 0.25) is 0 Å². The Morgan fingerprint density at radius 2 is 1.52 bits per heavy atom. The Balaban J connectivity index is 1.74. The van der Waals surface area contributed by atoms with E-state index in [0.29, 0.717) is 19.8 Å². The average Bonchev–Trinajstić information content (AvgIpc) is 2.55. The van der Waals surface area contributed by atoms with Crippen molar-refractivity contribution < 1.29 is 14.2 Å². The molecule has 0 saturated carbocycles. The van der Waals surface area contributed by atoms with E-state index in [1.54, 1.807) is 7.11 Å². The number of ether oxygens (including phenoxy) is 3. The number of nitrogens with one attached hydrogen (secondary N) is 1. The summed E-state index contributed by atoms with van der Waals surface area (Å²) in [7, 11) is 1.66. The number of methoxy groups -OCH3 is 1. The Hall–Kier alpha value is -2.20. The van der Waals surface area contributed by atoms with E-state index in [1.165, 1.54) is 11.1 Å². The van der Waals surface area contributed by atoms with E-state index in [1.807, 2.05) is 30.3 Å². The first-order chi connectivity index (χ1) is 11.2. The average molecular weight is 315 g/mol. The van der Waals surface area contributed by atoms with Crippen LogP contribution < -0.4 is 14.8 Å². The van der Waals surface area contributed by atoms with Gasteiger partial charge in [0.25, 0.3) is 0 Å². The van der Waals surface area contributed by atoms with E-state index in [0.717, 1.165) is 23.7 Å². The molecule has 0 heterocycles. The van der Waals surface area contributed by atoms with Crippen LogP contribution in [-0.2, 0) is 4.74 Å². The summed E-state index contributed by atoms with van der Waals surface area (Å²) in [6.45, 7) is 6.66. The SMILES string of the molecule is COCCOc1ccc(NCCOc2c(C)cccc2C)cc1. The molecule has 0 aliphatic rings. The second-order valence-corrected chi connectivity index (χ2v) is 5.36. The number of rotatable bonds is 9. The third kappa shape index (κ3) is 5.49. The zero-order valence-corrected chi connectivity index (χ0v) is 14.1. The number of para-hydroxylation sites is 1. The van der Waals surface area contributed by atoms with Crippen molar-refractivity contribution in [3.05, 3.63) is 53.6 Å². The molecule has 23 heavy (non-hydrogen) atoms. The first kappa shape index (κ1) is 17.2. The number of hydrogen-bond acceptors (Lipinski definition) is 4. The molecule has 4 nitrogen and oxygen atoms in total. The quantitative estimate of drug-likeness (QED) is 0.714. The Labute approximate surface area is 138 Å². The van der Waals surface area contributed by atoms with E-state index in [-0.39, 0.29) is 0 Å². The smallest absolute Gasteiger partial charge is 0.125 e. The van der Waals surface area contributed by atoms with Gasteiger partial charge in [0.05, 0.1) is 6.61 Å². The molecule has 0 spiro atoms. The maximum Gasteiger partial charge on any atom is 0.125 e. The Morgan fingerprint density at radius 3 is 2.17 bits per heavy atom. The summed E-state index contributed by atoms with van der Waals surface area (Å²) in [5, 5.41) is 3.34. The molecule has 0 saturated heterocycles. The van der Waals surface area contributed by atoms with Gasteiger partial charge in [0.1, 0.15) is 24.7 Å². The van der Waals surface area contributed by atoms with Gasteiger partial charge in [-0.05, 0) is 49.2 Å². The van der Waals surface area contributed by atoms with Crippen molar-refractivity contribution in [2.75, 3.05) is 38.8 Å². The summed E-state index contributed by atoms with van der Waals surface area (Å²) in [5.74, 6) is 1.83. The fourth-order valence-electron chi connectivity index (χ4n) is 2.29. The van der Waals surface area contributed by atoms with Crippen LogP contribution in [0.25, 0.3) is 0 Å². The molecule has 0 bridgehead atoms. The summed E-state index contributed by atoms with van der Waals surface area (Å²) in [6, 6.07) is 14.1. The first-order valence-electron chi connectivity index (χ1n) is 7.85. The summed E-state index contributed by atoms with van der Waals surface area (Å²) >= 11 is 0. The highest BCUT2D eigenvalue weighted by atomic mass is 16.5. The lowest BCUT2D eigenvalue weighted by Gasteiger charge is -2.13. The van der Waals surface area contributed by atoms with Crippen molar-refractivity contribution in [1.29, 1.82) is 0 Å². The molecular weight excluding hydrogens is 290 g/mol. The van der Waals surface area contributed by atoms with Gasteiger partial charge in [-0.2, -0.15) is 0 Å². The summed E-state index contributed by atoms with van der Waals surface area (Å²) in [4.78, 5) is 0. The minimum atomic E-state index is 0.562. The van der Waals surface area contributed by atoms with Gasteiger partial charge in [0.15, 0.2) is 0 Å². The van der Waals surface area contributed by atoms with Crippen LogP contribution in [-0.4, -0.2) is 33.5 Å². The first-order valence-corrected chi connectivity index (χ1v) is 7.85. The van der Waals surface area contributed by atoms with Crippen molar-refractivity contribution >= 4 is 5.69 Å². The minimum absolute atomic E-state index is 0.562. The lowest BCUT2D eigenvalue weighted by Crippen LogP contribution is -2.12. The highest BCUT2D eigenvalue weighted by molar-refractivity contribution is 5.46. The number of anilines is 1. The van der Waals surface area contributed by atoms with Gasteiger partial charge in [-0.3, -0.25) is 0 Å². The molecule has 0 aliphatic heterocycles. The van der Waals surface area contributed by atoms with Gasteiger partial charge in [-0.1, -0.05) is 18.2 Å². The molecule has 0 aliphatic carbocycles. The lowest BCUT2D eigenvalue weighted by atomic mass is 10.1. The molecule has 1 N–H and O–H groups in total. The third-order valence-corrected chi connectivity index (χ3v) is 3.50. The van der Waals surface area contributed by atoms with Crippen molar-refractivity contribution in [3.8, 4) is 11.5 Å². The zero-order valence-electron chi connectivity index (χ0n) is 14.1. The van der Waals surface area contributed by atoms with Crippen molar-refractivity contribution in [2.45, 2.75) is 13.8 Å². The molecule has 0 unspecified atom stereocenters. The monoisotopic (exact) mass is 315 g/mol. The second-order valence-electron chi connectivity index (χ2n) is 5.36. The fourth-order valence-corrected chi connectivity index (χ4v) is 2.29. The number of aryl methyl sites for hydroxylation is 2. The van der Waals surface area contributed by atoms with Crippen LogP contribution in [0, 0.1) is 13.8 Å². The fraction of sp³-hybridized carbons (Fsp3) is 0.368. The highest BCUT2D eigenvalue weighted by Gasteiger charge is 2.02. The zero-order chi connectivity index (χ0) is 16.5. The predicted octanol–water partition coefficient (Wildman–Crippen LogP) is 3.82. The molecule has 124 valence electrons. The highest BCUT2D eigenvalue weighted by Crippen LogP contribution is 2.22. The standard InChI is InChI=1S/C19H25NO3/c1-15-5-4-6-16(2)19(15)23-12-11-20-17-7-9-18(10-8-17)22-14-13-21-3/h4-10,20H,11-14H2,1-3H3. The number of hydrogen-bond donors (Lipinski definition) is 1. The molecule has 2 rings (SSSR count). The minimum Gasteiger partial charge on any atom is -0.491 e. The van der Waals surface area contributed by atoms with Crippen LogP contribution >= 0.6 is 0 Å². The number of benzene rings is 2. The molecular formula is C19H25NO3. The van der Waals surface area contributed by atoms with Crippen molar-refractivity contribution in [2.24, 2.45) is 0 Å². The second kappa shape index (κ2) is 9.06. The van der Waals surface area contributed by atoms with Gasteiger partial charge in [0, 0.05) is 19.3 Å². The van der Waals surface area contributed by atoms with Crippen molar-refractivity contribution in [1.82, 2.24) is 0 Å². The van der Waals surface area contributed by atoms with Gasteiger partial charge in [-0.15, -0.1) is 0 Å². The van der Waals surface area contributed by atoms with E-state index < -0.39 is 0 Å². The van der Waals surface area contributed by atoms with E-state index in [2.05, 4.69) is 31.3 Å². The van der Waals surface area contributed by atoms with Gasteiger partial charge in [-0.25, -0.2) is 0 Å². The Kier molecular flexibility index (Phi) is 6.76. The van der Waals surface area contributed by atoms with Crippen LogP contribution in [0.1, 0.15) is 11.1 Å². The molecule has 2 aromatic carbocycles. The molecule has 0 fully saturated rings. The summed E-state index contributed by atoms with van der Waals surface area (Å²) in [5.41, 5.74) is 3.39. The largest absolute Gasteiger partial charge is 0.491 e. The normalized spacial score (nSPS) is 10.4. The van der Waals surface area contributed by atoms with Crippen LogP contribution in [0.15, 0.2) is 42.5 Å². The molecule has 0 radical (unpaired) electrons. The van der Waals surface area contributed by atoms with Gasteiger partial charge >= 0.3 is 0 Å². The van der Waals surface area contributed by atoms with Gasteiger partial charge in [0.2, 0.25) is 0 Å². The van der Waals surface area contributed by atoms with E-state index in [9.17, 15) is 0 Å². The molecule has 0 atom stereocenters. The maximum absolute atomic E-state index is 5.88. The molecule has 4 heteroatoms. The van der Waals surface area contributed by atoms with Crippen molar-refractivity contribution in [3.63, 3.8) is 0 Å². The Bertz CT molecular complexity index is 576. The third-order valence-electron chi connectivity index (χ3n) is 3.50. The van der Waals surface area contributed by atoms with Crippen LogP contribution in [0.4, 0.5) is 5.69 Å². The summed E-state index contributed by atoms with van der Waals surface area (Å²) < 4.78 is 16.4. The van der Waals surface area contributed by atoms with E-state index >= 15 is 0 Å². The lowest BCUT2D eigenvalue weighted by molar-refractivity contribution is 0.146. The van der Waals surface area contributed by atoms with Crippen LogP contribution in [0.5, 0.6) is 11.5 Å². The maximum atomic E-state index is 5.88. The van der Waals surface area contributed by atoms with Gasteiger partial charge < -0.3 is 19.5 Å². The topological polar surface area (TPSA) is 39.7 Å². The van der Waals surface area contributed by atoms with Crippen LogP contribution in [0.3, 0.4) is 0 Å². The van der Waals surface area contributed by atoms with E-state index in [4.69, 9.17) is 14.2 Å². The molecule has 0 aromatic heterocycles. The molecule has 0 amide bonds. The summed E-state index contributed by atoms with van der Waals surface area (Å²) in [6.07, 6.45) is 0. The Morgan fingerprint density at radius 1 is 0.826 bits per heavy atom. The molecule has 2 aromatic rings. The predicted molar refractivity (Wildman–Crippen MR) is 93.7 cm³/mol.